The molecule has 0 N–H and O–H groups in total. The molecule has 2 aromatic heterocycles. The van der Waals surface area contributed by atoms with Crippen LogP contribution in [0.4, 0.5) is 0 Å². The number of likely N-dealkylation sites (tertiary alicyclic amines) is 1. The fraction of sp³-hybridized carbons (Fsp3) is 0.529. The highest BCUT2D eigenvalue weighted by molar-refractivity contribution is 7.09. The molecule has 1 atom stereocenters. The number of nitrogens with zero attached hydrogens (tertiary/aromatic N) is 3. The number of hydrogen-bond acceptors (Lipinski definition) is 3. The smallest absolute Gasteiger partial charge is 0.222 e. The molecule has 3 heterocycles. The van der Waals surface area contributed by atoms with Crippen molar-refractivity contribution in [3.8, 4) is 0 Å². The molecule has 3 rings (SSSR count). The monoisotopic (exact) mass is 317 g/mol. The third kappa shape index (κ3) is 3.77. The Hall–Kier alpha value is -1.62. The highest BCUT2D eigenvalue weighted by atomic mass is 32.1. The number of carbonyl (C=O) groups is 1. The van der Waals surface area contributed by atoms with Gasteiger partial charge in [0.2, 0.25) is 5.91 Å². The van der Waals surface area contributed by atoms with E-state index in [1.165, 1.54) is 10.4 Å². The lowest BCUT2D eigenvalue weighted by Crippen LogP contribution is -2.38. The summed E-state index contributed by atoms with van der Waals surface area (Å²) in [6.45, 7) is 3.78. The third-order valence-electron chi connectivity index (χ3n) is 4.25. The summed E-state index contributed by atoms with van der Waals surface area (Å²) in [6, 6.07) is 4.53. The van der Waals surface area contributed by atoms with Gasteiger partial charge in [-0.05, 0) is 49.6 Å². The van der Waals surface area contributed by atoms with Crippen LogP contribution in [-0.4, -0.2) is 33.2 Å². The molecule has 22 heavy (non-hydrogen) atoms. The van der Waals surface area contributed by atoms with Crippen LogP contribution < -0.4 is 0 Å². The topological polar surface area (TPSA) is 38.1 Å². The Morgan fingerprint density at radius 3 is 3.14 bits per heavy atom. The summed E-state index contributed by atoms with van der Waals surface area (Å²) >= 11 is 1.77. The predicted octanol–water partition coefficient (Wildman–Crippen LogP) is 3.27. The molecule has 5 heteroatoms. The summed E-state index contributed by atoms with van der Waals surface area (Å²) in [6.07, 6.45) is 8.76. The highest BCUT2D eigenvalue weighted by Crippen LogP contribution is 2.21. The number of hydrogen-bond donors (Lipinski definition) is 0. The van der Waals surface area contributed by atoms with Gasteiger partial charge in [0, 0.05) is 24.0 Å². The first kappa shape index (κ1) is 15.3. The standard InChI is InChI=1S/C17H23N3OS/c1-14-11-18-19(12-14)13-15-5-3-9-20(15)17(21)8-2-6-16-7-4-10-22-16/h4,7,10-12,15H,2-3,5-6,8-9,13H2,1H3/t15-/m1/s1. The van der Waals surface area contributed by atoms with Crippen LogP contribution in [0, 0.1) is 6.92 Å². The minimum atomic E-state index is 0.308. The first-order valence-corrected chi connectivity index (χ1v) is 8.91. The quantitative estimate of drug-likeness (QED) is 0.820. The Morgan fingerprint density at radius 1 is 1.50 bits per heavy atom. The summed E-state index contributed by atoms with van der Waals surface area (Å²) in [5.74, 6) is 0.308. The van der Waals surface area contributed by atoms with Crippen LogP contribution in [0.2, 0.25) is 0 Å². The number of rotatable bonds is 6. The minimum Gasteiger partial charge on any atom is -0.338 e. The molecule has 1 fully saturated rings. The lowest BCUT2D eigenvalue weighted by atomic mass is 10.1. The third-order valence-corrected chi connectivity index (χ3v) is 5.19. The average Bonchev–Trinajstić information content (AvgIpc) is 3.21. The minimum absolute atomic E-state index is 0.308. The molecule has 2 aromatic rings. The second-order valence-corrected chi connectivity index (χ2v) is 7.09. The molecule has 0 unspecified atom stereocenters. The predicted molar refractivity (Wildman–Crippen MR) is 89.0 cm³/mol. The molecule has 1 amide bonds. The van der Waals surface area contributed by atoms with Gasteiger partial charge in [-0.25, -0.2) is 0 Å². The van der Waals surface area contributed by atoms with Crippen molar-refractivity contribution < 1.29 is 4.79 Å². The summed E-state index contributed by atoms with van der Waals surface area (Å²) in [5.41, 5.74) is 1.17. The number of thiophene rings is 1. The van der Waals surface area contributed by atoms with Crippen LogP contribution >= 0.6 is 11.3 Å². The van der Waals surface area contributed by atoms with Gasteiger partial charge in [-0.1, -0.05) is 6.07 Å². The van der Waals surface area contributed by atoms with E-state index in [4.69, 9.17) is 0 Å². The Kier molecular flexibility index (Phi) is 4.93. The average molecular weight is 317 g/mol. The van der Waals surface area contributed by atoms with Gasteiger partial charge in [-0.15, -0.1) is 11.3 Å². The van der Waals surface area contributed by atoms with E-state index in [9.17, 15) is 4.79 Å². The second kappa shape index (κ2) is 7.09. The molecule has 4 nitrogen and oxygen atoms in total. The maximum absolute atomic E-state index is 12.5. The number of aryl methyl sites for hydroxylation is 2. The van der Waals surface area contributed by atoms with Crippen molar-refractivity contribution in [3.63, 3.8) is 0 Å². The summed E-state index contributed by atoms with van der Waals surface area (Å²) in [4.78, 5) is 15.9. The SMILES string of the molecule is Cc1cnn(C[C@H]2CCCN2C(=O)CCCc2cccs2)c1. The van der Waals surface area contributed by atoms with Gasteiger partial charge in [-0.3, -0.25) is 9.48 Å². The number of carbonyl (C=O) groups excluding carboxylic acids is 1. The first-order chi connectivity index (χ1) is 10.7. The van der Waals surface area contributed by atoms with Crippen molar-refractivity contribution in [2.24, 2.45) is 0 Å². The van der Waals surface area contributed by atoms with Crippen molar-refractivity contribution in [1.82, 2.24) is 14.7 Å². The van der Waals surface area contributed by atoms with E-state index in [2.05, 4.69) is 33.7 Å². The van der Waals surface area contributed by atoms with Crippen LogP contribution in [0.1, 0.15) is 36.1 Å². The molecule has 1 saturated heterocycles. The fourth-order valence-electron chi connectivity index (χ4n) is 3.15. The van der Waals surface area contributed by atoms with E-state index in [1.54, 1.807) is 11.3 Å². The molecule has 0 spiro atoms. The van der Waals surface area contributed by atoms with Crippen LogP contribution in [-0.2, 0) is 17.8 Å². The van der Waals surface area contributed by atoms with Gasteiger partial charge in [-0.2, -0.15) is 5.10 Å². The fourth-order valence-corrected chi connectivity index (χ4v) is 3.90. The van der Waals surface area contributed by atoms with Gasteiger partial charge < -0.3 is 4.90 Å². The molecular formula is C17H23N3OS. The summed E-state index contributed by atoms with van der Waals surface area (Å²) in [7, 11) is 0. The van der Waals surface area contributed by atoms with Crippen molar-refractivity contribution in [3.05, 3.63) is 40.3 Å². The van der Waals surface area contributed by atoms with Crippen molar-refractivity contribution >= 4 is 17.2 Å². The van der Waals surface area contributed by atoms with E-state index in [1.807, 2.05) is 17.8 Å². The maximum atomic E-state index is 12.5. The molecule has 0 saturated carbocycles. The zero-order valence-corrected chi connectivity index (χ0v) is 13.9. The molecule has 1 aliphatic rings. The van der Waals surface area contributed by atoms with E-state index in [0.29, 0.717) is 18.4 Å². The zero-order chi connectivity index (χ0) is 15.4. The van der Waals surface area contributed by atoms with Crippen LogP contribution in [0.25, 0.3) is 0 Å². The maximum Gasteiger partial charge on any atom is 0.222 e. The van der Waals surface area contributed by atoms with Crippen molar-refractivity contribution in [2.75, 3.05) is 6.54 Å². The second-order valence-electron chi connectivity index (χ2n) is 6.06. The molecule has 0 aromatic carbocycles. The Bertz CT molecular complexity index is 605. The van der Waals surface area contributed by atoms with Crippen molar-refractivity contribution in [1.29, 1.82) is 0 Å². The van der Waals surface area contributed by atoms with E-state index < -0.39 is 0 Å². The van der Waals surface area contributed by atoms with E-state index >= 15 is 0 Å². The van der Waals surface area contributed by atoms with Crippen LogP contribution in [0.15, 0.2) is 29.9 Å². The normalized spacial score (nSPS) is 18.0. The summed E-state index contributed by atoms with van der Waals surface area (Å²) in [5, 5.41) is 6.45. The number of aromatic nitrogens is 2. The summed E-state index contributed by atoms with van der Waals surface area (Å²) < 4.78 is 1.97. The largest absolute Gasteiger partial charge is 0.338 e. The Labute approximate surface area is 135 Å². The lowest BCUT2D eigenvalue weighted by Gasteiger charge is -2.24. The zero-order valence-electron chi connectivity index (χ0n) is 13.1. The first-order valence-electron chi connectivity index (χ1n) is 8.03. The number of amides is 1. The van der Waals surface area contributed by atoms with Crippen LogP contribution in [0.3, 0.4) is 0 Å². The van der Waals surface area contributed by atoms with Gasteiger partial charge in [0.05, 0.1) is 18.8 Å². The van der Waals surface area contributed by atoms with Crippen LogP contribution in [0.5, 0.6) is 0 Å². The molecule has 1 aliphatic heterocycles. The molecular weight excluding hydrogens is 294 g/mol. The molecule has 118 valence electrons. The van der Waals surface area contributed by atoms with Gasteiger partial charge >= 0.3 is 0 Å². The highest BCUT2D eigenvalue weighted by Gasteiger charge is 2.28. The van der Waals surface area contributed by atoms with Crippen molar-refractivity contribution in [2.45, 2.75) is 51.6 Å². The molecule has 0 bridgehead atoms. The Balaban J connectivity index is 1.50. The molecule has 0 radical (unpaired) electrons. The van der Waals surface area contributed by atoms with E-state index in [0.717, 1.165) is 38.8 Å². The van der Waals surface area contributed by atoms with Gasteiger partial charge in [0.25, 0.3) is 0 Å². The van der Waals surface area contributed by atoms with E-state index in [-0.39, 0.29) is 0 Å². The molecule has 0 aliphatic carbocycles. The lowest BCUT2D eigenvalue weighted by molar-refractivity contribution is -0.132. The van der Waals surface area contributed by atoms with Gasteiger partial charge in [0.15, 0.2) is 0 Å². The Morgan fingerprint density at radius 2 is 2.41 bits per heavy atom. The van der Waals surface area contributed by atoms with Gasteiger partial charge in [0.1, 0.15) is 0 Å².